The normalized spacial score (nSPS) is 41.3. The van der Waals surface area contributed by atoms with Gasteiger partial charge in [-0.2, -0.15) is 0 Å². The lowest BCUT2D eigenvalue weighted by molar-refractivity contribution is -0.325. The molecule has 9 atom stereocenters. The highest BCUT2D eigenvalue weighted by Gasteiger charge is 2.50. The molecule has 12 nitrogen and oxygen atoms in total. The van der Waals surface area contributed by atoms with Gasteiger partial charge >= 0.3 is 5.97 Å². The summed E-state index contributed by atoms with van der Waals surface area (Å²) in [5, 5.41) is 42.6. The zero-order chi connectivity index (χ0) is 21.0. The monoisotopic (exact) mass is 409 g/mol. The van der Waals surface area contributed by atoms with Gasteiger partial charge < -0.3 is 49.4 Å². The Morgan fingerprint density at radius 3 is 2.32 bits per heavy atom. The van der Waals surface area contributed by atoms with E-state index in [1.807, 2.05) is 0 Å². The van der Waals surface area contributed by atoms with Crippen LogP contribution >= 0.6 is 0 Å². The van der Waals surface area contributed by atoms with Crippen LogP contribution in [0.3, 0.4) is 0 Å². The Morgan fingerprint density at radius 1 is 1.11 bits per heavy atom. The Morgan fingerprint density at radius 2 is 1.79 bits per heavy atom. The molecule has 9 unspecified atom stereocenters. The molecule has 28 heavy (non-hydrogen) atoms. The van der Waals surface area contributed by atoms with Gasteiger partial charge in [0.05, 0.1) is 19.8 Å². The number of carbonyl (C=O) groups is 2. The molecule has 0 aromatic heterocycles. The van der Waals surface area contributed by atoms with Crippen LogP contribution in [0.4, 0.5) is 0 Å². The van der Waals surface area contributed by atoms with E-state index in [0.29, 0.717) is 0 Å². The van der Waals surface area contributed by atoms with Gasteiger partial charge in [0.1, 0.15) is 30.5 Å². The second-order valence-electron chi connectivity index (χ2n) is 6.60. The number of esters is 1. The lowest BCUT2D eigenvalue weighted by Gasteiger charge is -2.46. The third kappa shape index (κ3) is 4.96. The van der Waals surface area contributed by atoms with Crippen LogP contribution in [-0.4, -0.2) is 108 Å². The lowest BCUT2D eigenvalue weighted by Crippen LogP contribution is -2.66. The first kappa shape index (κ1) is 22.9. The quantitative estimate of drug-likeness (QED) is 0.277. The summed E-state index contributed by atoms with van der Waals surface area (Å²) < 4.78 is 26.2. The van der Waals surface area contributed by atoms with Crippen molar-refractivity contribution >= 4 is 11.9 Å². The van der Waals surface area contributed by atoms with Crippen LogP contribution < -0.4 is 5.32 Å². The zero-order valence-electron chi connectivity index (χ0n) is 15.8. The van der Waals surface area contributed by atoms with Crippen LogP contribution in [0.1, 0.15) is 13.3 Å². The minimum absolute atomic E-state index is 0.244. The van der Waals surface area contributed by atoms with Gasteiger partial charge in [0.2, 0.25) is 5.91 Å². The predicted octanol–water partition coefficient (Wildman–Crippen LogP) is -3.39. The summed E-state index contributed by atoms with van der Waals surface area (Å²) in [6.45, 7) is 0.676. The van der Waals surface area contributed by atoms with Gasteiger partial charge in [0.25, 0.3) is 0 Å². The minimum Gasteiger partial charge on any atom is -0.467 e. The molecular weight excluding hydrogens is 382 g/mol. The number of methoxy groups -OCH3 is 2. The number of hydrogen-bond donors (Lipinski definition) is 5. The zero-order valence-corrected chi connectivity index (χ0v) is 15.8. The number of hydrogen-bond acceptors (Lipinski definition) is 11. The fourth-order valence-electron chi connectivity index (χ4n) is 3.23. The van der Waals surface area contributed by atoms with Gasteiger partial charge in [-0.1, -0.05) is 0 Å². The standard InChI is InChI=1S/C16H27NO11/c1-6(19)17-10-13(11(22)9(5-18)26-16(10)25-3)28-15-8(21)4-7(20)12(27-15)14(23)24-2/h7-13,15-16,18,20-22H,4-5H2,1-3H3,(H,17,19). The molecule has 12 heteroatoms. The molecule has 2 heterocycles. The maximum absolute atomic E-state index is 11.8. The summed E-state index contributed by atoms with van der Waals surface area (Å²) in [5.74, 6) is -1.33. The van der Waals surface area contributed by atoms with Gasteiger partial charge in [-0.15, -0.1) is 0 Å². The lowest BCUT2D eigenvalue weighted by atomic mass is 9.96. The van der Waals surface area contributed by atoms with Crippen LogP contribution in [0.15, 0.2) is 0 Å². The number of amides is 1. The van der Waals surface area contributed by atoms with E-state index >= 15 is 0 Å². The maximum atomic E-state index is 11.8. The predicted molar refractivity (Wildman–Crippen MR) is 88.5 cm³/mol. The number of aliphatic hydroxyl groups is 4. The Balaban J connectivity index is 2.24. The van der Waals surface area contributed by atoms with Gasteiger partial charge in [-0.3, -0.25) is 4.79 Å². The fraction of sp³-hybridized carbons (Fsp3) is 0.875. The average molecular weight is 409 g/mol. The summed E-state index contributed by atoms with van der Waals surface area (Å²) in [6.07, 6.45) is -10.5. The third-order valence-electron chi connectivity index (χ3n) is 4.61. The highest BCUT2D eigenvalue weighted by molar-refractivity contribution is 5.75. The van der Waals surface area contributed by atoms with Crippen molar-refractivity contribution in [2.45, 2.75) is 68.6 Å². The smallest absolute Gasteiger partial charge is 0.337 e. The van der Waals surface area contributed by atoms with E-state index in [1.54, 1.807) is 0 Å². The van der Waals surface area contributed by atoms with Crippen LogP contribution in [0, 0.1) is 0 Å². The molecule has 0 bridgehead atoms. The highest BCUT2D eigenvalue weighted by Crippen LogP contribution is 2.29. The van der Waals surface area contributed by atoms with E-state index in [2.05, 4.69) is 10.1 Å². The molecule has 2 fully saturated rings. The molecule has 0 aliphatic carbocycles. The van der Waals surface area contributed by atoms with Gasteiger partial charge in [-0.05, 0) is 0 Å². The van der Waals surface area contributed by atoms with E-state index in [4.69, 9.17) is 18.9 Å². The van der Waals surface area contributed by atoms with Crippen molar-refractivity contribution in [3.05, 3.63) is 0 Å². The molecule has 0 aromatic rings. The van der Waals surface area contributed by atoms with Crippen LogP contribution in [0.5, 0.6) is 0 Å². The molecule has 0 saturated carbocycles. The van der Waals surface area contributed by atoms with E-state index in [-0.39, 0.29) is 6.42 Å². The first-order valence-electron chi connectivity index (χ1n) is 8.72. The molecule has 2 rings (SSSR count). The number of aliphatic hydroxyl groups excluding tert-OH is 4. The molecule has 162 valence electrons. The average Bonchev–Trinajstić information content (AvgIpc) is 2.65. The van der Waals surface area contributed by atoms with Crippen molar-refractivity contribution in [2.75, 3.05) is 20.8 Å². The van der Waals surface area contributed by atoms with Gasteiger partial charge in [0, 0.05) is 20.5 Å². The number of nitrogens with one attached hydrogen (secondary N) is 1. The van der Waals surface area contributed by atoms with Crippen molar-refractivity contribution in [2.24, 2.45) is 0 Å². The minimum atomic E-state index is -1.43. The van der Waals surface area contributed by atoms with Crippen molar-refractivity contribution in [3.8, 4) is 0 Å². The number of carbonyl (C=O) groups excluding carboxylic acids is 2. The maximum Gasteiger partial charge on any atom is 0.337 e. The van der Waals surface area contributed by atoms with Crippen molar-refractivity contribution in [1.82, 2.24) is 5.32 Å². The molecule has 1 amide bonds. The van der Waals surface area contributed by atoms with E-state index in [1.165, 1.54) is 14.0 Å². The first-order chi connectivity index (χ1) is 13.2. The second-order valence-corrected chi connectivity index (χ2v) is 6.60. The molecule has 2 aliphatic heterocycles. The van der Waals surface area contributed by atoms with Crippen molar-refractivity contribution < 1.29 is 53.7 Å². The largest absolute Gasteiger partial charge is 0.467 e. The van der Waals surface area contributed by atoms with Crippen molar-refractivity contribution in [1.29, 1.82) is 0 Å². The van der Waals surface area contributed by atoms with Crippen LogP contribution in [-0.2, 0) is 33.3 Å². The molecule has 0 aromatic carbocycles. The first-order valence-corrected chi connectivity index (χ1v) is 8.72. The molecule has 2 saturated heterocycles. The molecule has 2 aliphatic rings. The van der Waals surface area contributed by atoms with Crippen molar-refractivity contribution in [3.63, 3.8) is 0 Å². The van der Waals surface area contributed by atoms with Gasteiger partial charge in [0.15, 0.2) is 18.7 Å². The van der Waals surface area contributed by atoms with E-state index < -0.39 is 73.7 Å². The van der Waals surface area contributed by atoms with E-state index in [9.17, 15) is 30.0 Å². The van der Waals surface area contributed by atoms with E-state index in [0.717, 1.165) is 7.11 Å². The fourth-order valence-corrected chi connectivity index (χ4v) is 3.23. The third-order valence-corrected chi connectivity index (χ3v) is 4.61. The molecular formula is C16H27NO11. The van der Waals surface area contributed by atoms with Crippen LogP contribution in [0.25, 0.3) is 0 Å². The SMILES string of the molecule is COC(=O)C1OC(OC2C(O)C(CO)OC(OC)C2NC(C)=O)C(O)CC1O. The van der Waals surface area contributed by atoms with Crippen LogP contribution in [0.2, 0.25) is 0 Å². The summed E-state index contributed by atoms with van der Waals surface area (Å²) in [4.78, 5) is 23.3. The summed E-state index contributed by atoms with van der Waals surface area (Å²) >= 11 is 0. The molecule has 0 radical (unpaired) electrons. The Labute approximate surface area is 161 Å². The summed E-state index contributed by atoms with van der Waals surface area (Å²) in [7, 11) is 2.42. The number of ether oxygens (including phenoxy) is 5. The highest BCUT2D eigenvalue weighted by atomic mass is 16.7. The summed E-state index contributed by atoms with van der Waals surface area (Å²) in [5.41, 5.74) is 0. The number of rotatable bonds is 6. The summed E-state index contributed by atoms with van der Waals surface area (Å²) in [6, 6.07) is -1.01. The molecule has 5 N–H and O–H groups in total. The molecule has 0 spiro atoms. The Bertz CT molecular complexity index is 547. The van der Waals surface area contributed by atoms with Gasteiger partial charge in [-0.25, -0.2) is 4.79 Å². The Kier molecular flexibility index (Phi) is 8.09. The Hall–Kier alpha value is -1.38. The second kappa shape index (κ2) is 9.89. The topological polar surface area (TPSA) is 173 Å².